The van der Waals surface area contributed by atoms with E-state index in [9.17, 15) is 28.8 Å². The summed E-state index contributed by atoms with van der Waals surface area (Å²) in [6.07, 6.45) is 0. The van der Waals surface area contributed by atoms with Crippen LogP contribution in [0.4, 0.5) is 0 Å². The Kier molecular flexibility index (Phi) is 11.6. The molecule has 0 rings (SSSR count). The summed E-state index contributed by atoms with van der Waals surface area (Å²) in [5.41, 5.74) is 0. The van der Waals surface area contributed by atoms with Gasteiger partial charge in [0.15, 0.2) is 0 Å². The van der Waals surface area contributed by atoms with Gasteiger partial charge in [-0.2, -0.15) is 0 Å². The molecule has 28 heavy (non-hydrogen) atoms. The van der Waals surface area contributed by atoms with Crippen LogP contribution in [0.2, 0.25) is 13.1 Å². The van der Waals surface area contributed by atoms with E-state index >= 15 is 0 Å². The molecule has 0 amide bonds. The number of carbonyl (C=O) groups excluding carboxylic acids is 6. The number of hydrogen-bond donors (Lipinski definition) is 0. The van der Waals surface area contributed by atoms with Gasteiger partial charge < -0.3 is 26.6 Å². The van der Waals surface area contributed by atoms with E-state index in [0.29, 0.717) is 0 Å². The minimum Gasteiger partial charge on any atom is -0.455 e. The zero-order valence-corrected chi connectivity index (χ0v) is 18.9. The van der Waals surface area contributed by atoms with Gasteiger partial charge in [-0.3, -0.25) is 28.8 Å². The fourth-order valence-corrected chi connectivity index (χ4v) is 5.07. The van der Waals surface area contributed by atoms with E-state index in [1.807, 2.05) is 0 Å². The van der Waals surface area contributed by atoms with Gasteiger partial charge in [0.25, 0.3) is 35.8 Å². The fraction of sp³-hybridized carbons (Fsp3) is 0.571. The van der Waals surface area contributed by atoms with Gasteiger partial charge in [-0.1, -0.05) is 0 Å². The van der Waals surface area contributed by atoms with Crippen molar-refractivity contribution in [3.63, 3.8) is 0 Å². The summed E-state index contributed by atoms with van der Waals surface area (Å²) in [5.74, 6) is -3.99. The summed E-state index contributed by atoms with van der Waals surface area (Å²) in [4.78, 5) is 63.9. The monoisotopic (exact) mass is 440 g/mol. The van der Waals surface area contributed by atoms with Crippen LogP contribution in [0, 0.1) is 0 Å². The van der Waals surface area contributed by atoms with Crippen LogP contribution >= 0.6 is 0 Å². The second-order valence-corrected chi connectivity index (χ2v) is 9.96. The van der Waals surface area contributed by atoms with Crippen molar-refractivity contribution in [2.24, 2.45) is 0 Å². The van der Waals surface area contributed by atoms with E-state index in [0.717, 1.165) is 41.5 Å². The van der Waals surface area contributed by atoms with Gasteiger partial charge >= 0.3 is 17.6 Å². The van der Waals surface area contributed by atoms with E-state index < -0.39 is 53.4 Å². The Morgan fingerprint density at radius 3 is 0.571 bits per heavy atom. The first-order valence-electron chi connectivity index (χ1n) is 7.67. The molecule has 0 saturated carbocycles. The van der Waals surface area contributed by atoms with Crippen LogP contribution < -0.4 is 0 Å². The average Bonchev–Trinajstić information content (AvgIpc) is 2.30. The fourth-order valence-electron chi connectivity index (χ4n) is 1.69. The summed E-state index contributed by atoms with van der Waals surface area (Å²) in [5, 5.41) is 0. The molecule has 160 valence electrons. The second-order valence-electron chi connectivity index (χ2n) is 5.29. The van der Waals surface area contributed by atoms with Gasteiger partial charge in [0, 0.05) is 54.6 Å². The van der Waals surface area contributed by atoms with E-state index in [2.05, 4.69) is 26.6 Å². The zero-order valence-electron chi connectivity index (χ0n) is 16.9. The molecule has 0 heterocycles. The highest BCUT2D eigenvalue weighted by atomic mass is 28.4. The summed E-state index contributed by atoms with van der Waals surface area (Å²) in [6.45, 7) is 9.40. The highest BCUT2D eigenvalue weighted by molar-refractivity contribution is 6.64. The molecule has 0 unspecified atom stereocenters. The Balaban J connectivity index is 0. The van der Waals surface area contributed by atoms with Crippen LogP contribution in [0.3, 0.4) is 0 Å². The molecule has 12 nitrogen and oxygen atoms in total. The third-order valence-corrected chi connectivity index (χ3v) is 5.92. The highest BCUT2D eigenvalue weighted by Crippen LogP contribution is 2.11. The molecule has 0 aromatic carbocycles. The van der Waals surface area contributed by atoms with Crippen LogP contribution in [-0.2, 0) is 55.3 Å². The summed E-state index contributed by atoms with van der Waals surface area (Å²) < 4.78 is 28.0. The standard InChI is InChI=1S/2C7H12O6Si/c2*1-5(8)11-14(4,12-6(2)9)13-7(3)10/h2*1-4H3. The Morgan fingerprint density at radius 1 is 0.393 bits per heavy atom. The minimum atomic E-state index is -3.49. The lowest BCUT2D eigenvalue weighted by atomic mass is 10.9. The van der Waals surface area contributed by atoms with Gasteiger partial charge in [-0.15, -0.1) is 0 Å². The molecule has 0 aliphatic heterocycles. The van der Waals surface area contributed by atoms with Crippen molar-refractivity contribution < 1.29 is 55.3 Å². The molecule has 0 bridgehead atoms. The van der Waals surface area contributed by atoms with Crippen molar-refractivity contribution in [2.75, 3.05) is 0 Å². The average molecular weight is 441 g/mol. The lowest BCUT2D eigenvalue weighted by Crippen LogP contribution is -2.46. The normalized spacial score (nSPS) is 10.3. The van der Waals surface area contributed by atoms with Crippen LogP contribution in [0.25, 0.3) is 0 Å². The van der Waals surface area contributed by atoms with Crippen molar-refractivity contribution >= 4 is 53.4 Å². The van der Waals surface area contributed by atoms with Gasteiger partial charge in [-0.25, -0.2) is 0 Å². The molecule has 0 aliphatic carbocycles. The van der Waals surface area contributed by atoms with Gasteiger partial charge in [0.1, 0.15) is 0 Å². The lowest BCUT2D eigenvalue weighted by molar-refractivity contribution is -0.150. The molecule has 0 aromatic rings. The summed E-state index contributed by atoms with van der Waals surface area (Å²) in [7, 11) is -6.97. The van der Waals surface area contributed by atoms with Gasteiger partial charge in [0.05, 0.1) is 0 Å². The van der Waals surface area contributed by atoms with E-state index in [1.165, 1.54) is 13.1 Å². The van der Waals surface area contributed by atoms with Crippen LogP contribution in [0.15, 0.2) is 0 Å². The molecule has 0 fully saturated rings. The Hall–Kier alpha value is -2.75. The molecule has 0 N–H and O–H groups in total. The Labute approximate surface area is 164 Å². The third-order valence-electron chi connectivity index (χ3n) is 1.97. The van der Waals surface area contributed by atoms with Crippen molar-refractivity contribution in [3.8, 4) is 0 Å². The summed E-state index contributed by atoms with van der Waals surface area (Å²) >= 11 is 0. The molecule has 0 saturated heterocycles. The predicted molar refractivity (Wildman–Crippen MR) is 93.8 cm³/mol. The molecule has 0 radical (unpaired) electrons. The quantitative estimate of drug-likeness (QED) is 0.527. The van der Waals surface area contributed by atoms with E-state index in [1.54, 1.807) is 0 Å². The maximum Gasteiger partial charge on any atom is 0.701 e. The molecule has 0 spiro atoms. The molecular weight excluding hydrogens is 416 g/mol. The summed E-state index contributed by atoms with van der Waals surface area (Å²) in [6, 6.07) is 0. The van der Waals surface area contributed by atoms with Crippen molar-refractivity contribution in [2.45, 2.75) is 54.6 Å². The van der Waals surface area contributed by atoms with Crippen LogP contribution in [0.5, 0.6) is 0 Å². The SMILES string of the molecule is CC(=O)O[Si](C)(OC(C)=O)OC(C)=O.CC(=O)O[Si](C)(OC(C)=O)OC(C)=O. The van der Waals surface area contributed by atoms with Gasteiger partial charge in [-0.05, 0) is 0 Å². The molecule has 0 aromatic heterocycles. The third kappa shape index (κ3) is 15.5. The first-order chi connectivity index (χ1) is 12.5. The first-order valence-corrected chi connectivity index (χ1v) is 12.1. The number of hydrogen-bond acceptors (Lipinski definition) is 12. The number of carbonyl (C=O) groups is 6. The second kappa shape index (κ2) is 11.9. The molecule has 0 atom stereocenters. The smallest absolute Gasteiger partial charge is 0.455 e. The molecule has 0 aliphatic rings. The maximum atomic E-state index is 10.7. The van der Waals surface area contributed by atoms with E-state index in [-0.39, 0.29) is 0 Å². The lowest BCUT2D eigenvalue weighted by Gasteiger charge is -2.22. The topological polar surface area (TPSA) is 158 Å². The van der Waals surface area contributed by atoms with Crippen LogP contribution in [-0.4, -0.2) is 53.4 Å². The predicted octanol–water partition coefficient (Wildman–Crippen LogP) is 0.489. The van der Waals surface area contributed by atoms with Crippen LogP contribution in [0.1, 0.15) is 41.5 Å². The first kappa shape index (κ1) is 27.5. The van der Waals surface area contributed by atoms with Crippen molar-refractivity contribution in [3.05, 3.63) is 0 Å². The largest absolute Gasteiger partial charge is 0.701 e. The highest BCUT2D eigenvalue weighted by Gasteiger charge is 2.46. The molecular formula is C14H24O12Si2. The zero-order chi connectivity index (χ0) is 22.7. The van der Waals surface area contributed by atoms with Gasteiger partial charge in [0.2, 0.25) is 0 Å². The van der Waals surface area contributed by atoms with Crippen molar-refractivity contribution in [1.82, 2.24) is 0 Å². The van der Waals surface area contributed by atoms with E-state index in [4.69, 9.17) is 0 Å². The van der Waals surface area contributed by atoms with Crippen molar-refractivity contribution in [1.29, 1.82) is 0 Å². The Morgan fingerprint density at radius 2 is 0.500 bits per heavy atom. The Bertz CT molecular complexity index is 494. The number of rotatable bonds is 6. The maximum absolute atomic E-state index is 10.7. The minimum absolute atomic E-state index is 0.665. The molecule has 14 heteroatoms.